The number of ether oxygens (including phenoxy) is 2. The van der Waals surface area contributed by atoms with Crippen molar-refractivity contribution in [3.8, 4) is 11.5 Å². The Balaban J connectivity index is 2.19. The summed E-state index contributed by atoms with van der Waals surface area (Å²) < 4.78 is 11.2. The second kappa shape index (κ2) is 6.56. The number of benzene rings is 1. The summed E-state index contributed by atoms with van der Waals surface area (Å²) in [5.74, 6) is 1.26. The van der Waals surface area contributed by atoms with Crippen LogP contribution in [-0.2, 0) is 0 Å². The number of nitro benzene ring substituents is 1. The third-order valence-electron chi connectivity index (χ3n) is 3.57. The van der Waals surface area contributed by atoms with Crippen molar-refractivity contribution in [2.24, 2.45) is 11.7 Å². The van der Waals surface area contributed by atoms with Crippen molar-refractivity contribution in [3.63, 3.8) is 0 Å². The summed E-state index contributed by atoms with van der Waals surface area (Å²) in [4.78, 5) is 10.5. The van der Waals surface area contributed by atoms with E-state index in [2.05, 4.69) is 0 Å². The topological polar surface area (TPSA) is 87.6 Å². The van der Waals surface area contributed by atoms with Crippen LogP contribution in [0.2, 0.25) is 0 Å². The standard InChI is InChI=1S/C14H20N2O4/c1-2-19-12-6-11(16(17)18)7-13(8-12)20-14-5-3-4-10(14)9-15/h6-8,10,14H,2-5,9,15H2,1H3. The fourth-order valence-electron chi connectivity index (χ4n) is 2.58. The summed E-state index contributed by atoms with van der Waals surface area (Å²) in [7, 11) is 0. The maximum Gasteiger partial charge on any atom is 0.276 e. The molecule has 0 spiro atoms. The average molecular weight is 280 g/mol. The molecule has 0 aromatic heterocycles. The summed E-state index contributed by atoms with van der Waals surface area (Å²) in [6.07, 6.45) is 3.11. The minimum Gasteiger partial charge on any atom is -0.493 e. The number of nitrogens with zero attached hydrogens (tertiary/aromatic N) is 1. The predicted octanol–water partition coefficient (Wildman–Crippen LogP) is 2.50. The molecule has 0 bridgehead atoms. The van der Waals surface area contributed by atoms with Crippen molar-refractivity contribution in [1.29, 1.82) is 0 Å². The predicted molar refractivity (Wildman–Crippen MR) is 75.1 cm³/mol. The maximum atomic E-state index is 10.9. The Morgan fingerprint density at radius 1 is 1.35 bits per heavy atom. The van der Waals surface area contributed by atoms with Gasteiger partial charge in [-0.15, -0.1) is 0 Å². The van der Waals surface area contributed by atoms with Crippen molar-refractivity contribution in [1.82, 2.24) is 0 Å². The van der Waals surface area contributed by atoms with E-state index in [1.807, 2.05) is 6.92 Å². The summed E-state index contributed by atoms with van der Waals surface area (Å²) in [6.45, 7) is 2.87. The Labute approximate surface area is 118 Å². The van der Waals surface area contributed by atoms with E-state index >= 15 is 0 Å². The van der Waals surface area contributed by atoms with Crippen LogP contribution >= 0.6 is 0 Å². The van der Waals surface area contributed by atoms with Crippen molar-refractivity contribution in [2.75, 3.05) is 13.2 Å². The molecule has 0 saturated heterocycles. The molecule has 1 fully saturated rings. The van der Waals surface area contributed by atoms with Crippen LogP contribution in [0.25, 0.3) is 0 Å². The van der Waals surface area contributed by atoms with Crippen LogP contribution in [0, 0.1) is 16.0 Å². The van der Waals surface area contributed by atoms with Gasteiger partial charge in [-0.1, -0.05) is 0 Å². The molecule has 2 rings (SSSR count). The smallest absolute Gasteiger partial charge is 0.276 e. The van der Waals surface area contributed by atoms with Crippen LogP contribution in [0.3, 0.4) is 0 Å². The lowest BCUT2D eigenvalue weighted by atomic mass is 10.1. The molecule has 0 aliphatic heterocycles. The first-order chi connectivity index (χ1) is 9.63. The van der Waals surface area contributed by atoms with Crippen LogP contribution in [0.15, 0.2) is 18.2 Å². The molecule has 2 N–H and O–H groups in total. The van der Waals surface area contributed by atoms with E-state index in [-0.39, 0.29) is 11.8 Å². The zero-order valence-electron chi connectivity index (χ0n) is 11.6. The van der Waals surface area contributed by atoms with Gasteiger partial charge in [0.15, 0.2) is 0 Å². The highest BCUT2D eigenvalue weighted by molar-refractivity contribution is 5.46. The molecule has 0 heterocycles. The molecule has 6 heteroatoms. The molecule has 1 saturated carbocycles. The number of non-ortho nitro benzene ring substituents is 1. The number of hydrogen-bond acceptors (Lipinski definition) is 5. The van der Waals surface area contributed by atoms with Gasteiger partial charge in [-0.2, -0.15) is 0 Å². The number of nitro groups is 1. The van der Waals surface area contributed by atoms with Crippen molar-refractivity contribution in [3.05, 3.63) is 28.3 Å². The minimum absolute atomic E-state index is 0.0201. The Hall–Kier alpha value is -1.82. The van der Waals surface area contributed by atoms with E-state index < -0.39 is 4.92 Å². The van der Waals surface area contributed by atoms with Gasteiger partial charge in [-0.3, -0.25) is 10.1 Å². The monoisotopic (exact) mass is 280 g/mol. The quantitative estimate of drug-likeness (QED) is 0.639. The molecule has 110 valence electrons. The first kappa shape index (κ1) is 14.6. The van der Waals surface area contributed by atoms with Gasteiger partial charge in [0.1, 0.15) is 17.6 Å². The van der Waals surface area contributed by atoms with E-state index in [4.69, 9.17) is 15.2 Å². The third-order valence-corrected chi connectivity index (χ3v) is 3.57. The Bertz CT molecular complexity index is 478. The van der Waals surface area contributed by atoms with Crippen molar-refractivity contribution in [2.45, 2.75) is 32.3 Å². The number of nitrogens with two attached hydrogens (primary N) is 1. The zero-order valence-corrected chi connectivity index (χ0v) is 11.6. The maximum absolute atomic E-state index is 10.9. The normalized spacial score (nSPS) is 21.7. The lowest BCUT2D eigenvalue weighted by Crippen LogP contribution is -2.27. The fourth-order valence-corrected chi connectivity index (χ4v) is 2.58. The largest absolute Gasteiger partial charge is 0.493 e. The zero-order chi connectivity index (χ0) is 14.5. The number of hydrogen-bond donors (Lipinski definition) is 1. The van der Waals surface area contributed by atoms with E-state index in [1.54, 1.807) is 6.07 Å². The molecule has 0 radical (unpaired) electrons. The summed E-state index contributed by atoms with van der Waals surface area (Å²) in [5.41, 5.74) is 5.70. The Kier molecular flexibility index (Phi) is 4.79. The van der Waals surface area contributed by atoms with Gasteiger partial charge in [0.2, 0.25) is 0 Å². The average Bonchev–Trinajstić information content (AvgIpc) is 2.86. The van der Waals surface area contributed by atoms with Gasteiger partial charge < -0.3 is 15.2 Å². The Morgan fingerprint density at radius 3 is 2.75 bits per heavy atom. The molecule has 1 aromatic carbocycles. The van der Waals surface area contributed by atoms with Crippen LogP contribution in [0.4, 0.5) is 5.69 Å². The van der Waals surface area contributed by atoms with E-state index in [9.17, 15) is 10.1 Å². The van der Waals surface area contributed by atoms with Crippen LogP contribution in [0.5, 0.6) is 11.5 Å². The highest BCUT2D eigenvalue weighted by Gasteiger charge is 2.28. The summed E-state index contributed by atoms with van der Waals surface area (Å²) >= 11 is 0. The van der Waals surface area contributed by atoms with Gasteiger partial charge in [0, 0.05) is 12.0 Å². The molecule has 2 unspecified atom stereocenters. The van der Waals surface area contributed by atoms with Gasteiger partial charge in [-0.25, -0.2) is 0 Å². The minimum atomic E-state index is -0.440. The highest BCUT2D eigenvalue weighted by Crippen LogP contribution is 2.33. The fraction of sp³-hybridized carbons (Fsp3) is 0.571. The van der Waals surface area contributed by atoms with Gasteiger partial charge in [0.05, 0.1) is 23.7 Å². The first-order valence-corrected chi connectivity index (χ1v) is 6.93. The lowest BCUT2D eigenvalue weighted by molar-refractivity contribution is -0.385. The van der Waals surface area contributed by atoms with Gasteiger partial charge >= 0.3 is 0 Å². The SMILES string of the molecule is CCOc1cc(OC2CCCC2CN)cc([N+](=O)[O-])c1. The van der Waals surface area contributed by atoms with E-state index in [1.165, 1.54) is 12.1 Å². The van der Waals surface area contributed by atoms with Crippen LogP contribution in [0.1, 0.15) is 26.2 Å². The first-order valence-electron chi connectivity index (χ1n) is 6.93. The van der Waals surface area contributed by atoms with E-state index in [0.717, 1.165) is 19.3 Å². The molecule has 2 atom stereocenters. The lowest BCUT2D eigenvalue weighted by Gasteiger charge is -2.20. The summed E-state index contributed by atoms with van der Waals surface area (Å²) in [6, 6.07) is 4.54. The molecular weight excluding hydrogens is 260 g/mol. The van der Waals surface area contributed by atoms with Crippen LogP contribution < -0.4 is 15.2 Å². The molecule has 1 aliphatic carbocycles. The van der Waals surface area contributed by atoms with Crippen molar-refractivity contribution < 1.29 is 14.4 Å². The molecule has 1 aliphatic rings. The summed E-state index contributed by atoms with van der Waals surface area (Å²) in [5, 5.41) is 10.9. The highest BCUT2D eigenvalue weighted by atomic mass is 16.6. The van der Waals surface area contributed by atoms with Gasteiger partial charge in [0.25, 0.3) is 5.69 Å². The second-order valence-corrected chi connectivity index (χ2v) is 4.94. The molecule has 20 heavy (non-hydrogen) atoms. The molecule has 1 aromatic rings. The molecule has 0 amide bonds. The third kappa shape index (κ3) is 3.39. The van der Waals surface area contributed by atoms with Crippen LogP contribution in [-0.4, -0.2) is 24.2 Å². The molecular formula is C14H20N2O4. The number of rotatable bonds is 6. The van der Waals surface area contributed by atoms with Crippen molar-refractivity contribution >= 4 is 5.69 Å². The van der Waals surface area contributed by atoms with Gasteiger partial charge in [-0.05, 0) is 32.7 Å². The Morgan fingerprint density at radius 2 is 2.10 bits per heavy atom. The molecule has 6 nitrogen and oxygen atoms in total. The second-order valence-electron chi connectivity index (χ2n) is 4.94. The van der Waals surface area contributed by atoms with E-state index in [0.29, 0.717) is 30.6 Å².